The number of benzene rings is 1. The van der Waals surface area contributed by atoms with Gasteiger partial charge in [-0.25, -0.2) is 4.79 Å². The second kappa shape index (κ2) is 9.72. The number of amides is 2. The van der Waals surface area contributed by atoms with Gasteiger partial charge in [0.1, 0.15) is 0 Å². The highest BCUT2D eigenvalue weighted by atomic mass is 16.5. The molecule has 8 heteroatoms. The molecule has 1 fully saturated rings. The largest absolute Gasteiger partial charge is 0.378 e. The van der Waals surface area contributed by atoms with Crippen LogP contribution >= 0.6 is 0 Å². The van der Waals surface area contributed by atoms with E-state index in [0.717, 1.165) is 49.7 Å². The van der Waals surface area contributed by atoms with Gasteiger partial charge in [0, 0.05) is 37.9 Å². The first-order chi connectivity index (χ1) is 13.3. The molecular formula is C19H26N6O2. The molecule has 0 aliphatic carbocycles. The van der Waals surface area contributed by atoms with Crippen molar-refractivity contribution in [3.05, 3.63) is 42.1 Å². The van der Waals surface area contributed by atoms with Gasteiger partial charge in [0.25, 0.3) is 0 Å². The molecule has 27 heavy (non-hydrogen) atoms. The minimum absolute atomic E-state index is 0.217. The Labute approximate surface area is 159 Å². The summed E-state index contributed by atoms with van der Waals surface area (Å²) in [5.74, 6) is 0.692. The quantitative estimate of drug-likeness (QED) is 0.647. The number of nitrogens with zero attached hydrogens (tertiary/aromatic N) is 3. The number of aryl methyl sites for hydroxylation is 1. The molecule has 2 heterocycles. The smallest absolute Gasteiger partial charge is 0.319 e. The number of hydrogen-bond acceptors (Lipinski definition) is 6. The summed E-state index contributed by atoms with van der Waals surface area (Å²) >= 11 is 0. The molecule has 3 rings (SSSR count). The van der Waals surface area contributed by atoms with Crippen LogP contribution in [0.2, 0.25) is 0 Å². The van der Waals surface area contributed by atoms with Crippen molar-refractivity contribution in [2.75, 3.05) is 54.9 Å². The Hall–Kier alpha value is -2.87. The van der Waals surface area contributed by atoms with Crippen LogP contribution in [0.25, 0.3) is 0 Å². The minimum atomic E-state index is -0.217. The summed E-state index contributed by atoms with van der Waals surface area (Å²) in [4.78, 5) is 14.3. The van der Waals surface area contributed by atoms with Crippen molar-refractivity contribution in [2.45, 2.75) is 13.3 Å². The van der Waals surface area contributed by atoms with Crippen LogP contribution in [0, 0.1) is 0 Å². The lowest BCUT2D eigenvalue weighted by atomic mass is 10.1. The molecule has 3 N–H and O–H groups in total. The molecular weight excluding hydrogens is 344 g/mol. The van der Waals surface area contributed by atoms with Crippen molar-refractivity contribution in [3.8, 4) is 0 Å². The SMILES string of the molecule is CCc1ccccc1NC(=O)NCCNc1cc(N2CCOCC2)cnn1. The molecule has 1 aliphatic rings. The normalized spacial score (nSPS) is 13.9. The molecule has 1 aliphatic heterocycles. The molecule has 2 amide bonds. The zero-order valence-electron chi connectivity index (χ0n) is 15.6. The summed E-state index contributed by atoms with van der Waals surface area (Å²) in [6.45, 7) is 6.26. The van der Waals surface area contributed by atoms with Gasteiger partial charge in [-0.3, -0.25) is 0 Å². The van der Waals surface area contributed by atoms with Gasteiger partial charge in [-0.15, -0.1) is 5.10 Å². The van der Waals surface area contributed by atoms with E-state index in [0.29, 0.717) is 18.9 Å². The predicted octanol–water partition coefficient (Wildman–Crippen LogP) is 2.11. The number of anilines is 3. The average molecular weight is 370 g/mol. The fourth-order valence-electron chi connectivity index (χ4n) is 2.92. The summed E-state index contributed by atoms with van der Waals surface area (Å²) in [5.41, 5.74) is 2.98. The van der Waals surface area contributed by atoms with Crippen molar-refractivity contribution >= 4 is 23.2 Å². The minimum Gasteiger partial charge on any atom is -0.378 e. The zero-order valence-corrected chi connectivity index (χ0v) is 15.6. The summed E-state index contributed by atoms with van der Waals surface area (Å²) < 4.78 is 5.37. The maximum atomic E-state index is 12.1. The maximum absolute atomic E-state index is 12.1. The van der Waals surface area contributed by atoms with Crippen LogP contribution in [-0.2, 0) is 11.2 Å². The lowest BCUT2D eigenvalue weighted by molar-refractivity contribution is 0.122. The number of para-hydroxylation sites is 1. The van der Waals surface area contributed by atoms with Gasteiger partial charge in [0.05, 0.1) is 25.1 Å². The first kappa shape index (κ1) is 18.9. The number of nitrogens with one attached hydrogen (secondary N) is 3. The Morgan fingerprint density at radius 2 is 2.04 bits per heavy atom. The molecule has 8 nitrogen and oxygen atoms in total. The van der Waals surface area contributed by atoms with E-state index < -0.39 is 0 Å². The molecule has 0 unspecified atom stereocenters. The standard InChI is InChI=1S/C19H26N6O2/c1-2-15-5-3-4-6-17(15)23-19(26)21-8-7-20-18-13-16(14-22-24-18)25-9-11-27-12-10-25/h3-6,13-14H,2,7-12H2,1H3,(H,20,24)(H2,21,23,26). The third-order valence-corrected chi connectivity index (χ3v) is 4.38. The number of urea groups is 1. The Kier molecular flexibility index (Phi) is 6.81. The van der Waals surface area contributed by atoms with Crippen LogP contribution in [0.5, 0.6) is 0 Å². The summed E-state index contributed by atoms with van der Waals surface area (Å²) in [6.07, 6.45) is 2.63. The second-order valence-corrected chi connectivity index (χ2v) is 6.22. The number of morpholine rings is 1. The number of carbonyl (C=O) groups is 1. The highest BCUT2D eigenvalue weighted by molar-refractivity contribution is 5.90. The van der Waals surface area contributed by atoms with Crippen molar-refractivity contribution in [1.29, 1.82) is 0 Å². The fraction of sp³-hybridized carbons (Fsp3) is 0.421. The van der Waals surface area contributed by atoms with E-state index in [4.69, 9.17) is 4.74 Å². The van der Waals surface area contributed by atoms with Crippen LogP contribution in [0.3, 0.4) is 0 Å². The number of carbonyl (C=O) groups excluding carboxylic acids is 1. The molecule has 0 atom stereocenters. The van der Waals surface area contributed by atoms with E-state index >= 15 is 0 Å². The van der Waals surface area contributed by atoms with E-state index in [9.17, 15) is 4.79 Å². The zero-order chi connectivity index (χ0) is 18.9. The van der Waals surface area contributed by atoms with Crippen LogP contribution in [-0.4, -0.2) is 55.6 Å². The van der Waals surface area contributed by atoms with E-state index in [-0.39, 0.29) is 6.03 Å². The monoisotopic (exact) mass is 370 g/mol. The van der Waals surface area contributed by atoms with E-state index in [1.165, 1.54) is 0 Å². The Balaban J connectivity index is 1.42. The highest BCUT2D eigenvalue weighted by Crippen LogP contribution is 2.17. The first-order valence-electron chi connectivity index (χ1n) is 9.28. The van der Waals surface area contributed by atoms with E-state index in [1.54, 1.807) is 6.20 Å². The van der Waals surface area contributed by atoms with E-state index in [1.807, 2.05) is 30.3 Å². The summed E-state index contributed by atoms with van der Waals surface area (Å²) in [6, 6.07) is 9.55. The highest BCUT2D eigenvalue weighted by Gasteiger charge is 2.12. The van der Waals surface area contributed by atoms with Crippen molar-refractivity contribution in [3.63, 3.8) is 0 Å². The van der Waals surface area contributed by atoms with Crippen LogP contribution < -0.4 is 20.9 Å². The molecule has 2 aromatic rings. The number of aromatic nitrogens is 2. The van der Waals surface area contributed by atoms with Gasteiger partial charge >= 0.3 is 6.03 Å². The van der Waals surface area contributed by atoms with Crippen molar-refractivity contribution in [1.82, 2.24) is 15.5 Å². The molecule has 0 spiro atoms. The van der Waals surface area contributed by atoms with Gasteiger partial charge in [0.15, 0.2) is 5.82 Å². The van der Waals surface area contributed by atoms with Crippen LogP contribution in [0.1, 0.15) is 12.5 Å². The Morgan fingerprint density at radius 1 is 1.22 bits per heavy atom. The van der Waals surface area contributed by atoms with Crippen LogP contribution in [0.4, 0.5) is 22.0 Å². The topological polar surface area (TPSA) is 91.4 Å². The number of ether oxygens (including phenoxy) is 1. The number of rotatable bonds is 7. The lowest BCUT2D eigenvalue weighted by Gasteiger charge is -2.28. The lowest BCUT2D eigenvalue weighted by Crippen LogP contribution is -2.36. The van der Waals surface area contributed by atoms with Gasteiger partial charge in [-0.2, -0.15) is 5.10 Å². The molecule has 0 bridgehead atoms. The average Bonchev–Trinajstić information content (AvgIpc) is 2.72. The predicted molar refractivity (Wildman–Crippen MR) is 106 cm³/mol. The Morgan fingerprint density at radius 3 is 2.85 bits per heavy atom. The van der Waals surface area contributed by atoms with Gasteiger partial charge in [-0.05, 0) is 18.1 Å². The van der Waals surface area contributed by atoms with Gasteiger partial charge < -0.3 is 25.6 Å². The van der Waals surface area contributed by atoms with Crippen molar-refractivity contribution in [2.24, 2.45) is 0 Å². The van der Waals surface area contributed by atoms with Crippen LogP contribution in [0.15, 0.2) is 36.5 Å². The maximum Gasteiger partial charge on any atom is 0.319 e. The first-order valence-corrected chi connectivity index (χ1v) is 9.28. The molecule has 1 aromatic heterocycles. The molecule has 1 aromatic carbocycles. The van der Waals surface area contributed by atoms with Gasteiger partial charge in [0.2, 0.25) is 0 Å². The molecule has 0 saturated carbocycles. The fourth-order valence-corrected chi connectivity index (χ4v) is 2.92. The summed E-state index contributed by atoms with van der Waals surface area (Å²) in [7, 11) is 0. The Bertz CT molecular complexity index is 748. The molecule has 1 saturated heterocycles. The third-order valence-electron chi connectivity index (χ3n) is 4.38. The second-order valence-electron chi connectivity index (χ2n) is 6.22. The summed E-state index contributed by atoms with van der Waals surface area (Å²) in [5, 5.41) is 17.1. The molecule has 144 valence electrons. The van der Waals surface area contributed by atoms with Gasteiger partial charge in [-0.1, -0.05) is 25.1 Å². The van der Waals surface area contributed by atoms with Crippen molar-refractivity contribution < 1.29 is 9.53 Å². The number of hydrogen-bond donors (Lipinski definition) is 3. The molecule has 0 radical (unpaired) electrons. The third kappa shape index (κ3) is 5.55. The van der Waals surface area contributed by atoms with E-state index in [2.05, 4.69) is 38.0 Å².